The number of hydrogen-bond acceptors (Lipinski definition) is 5. The average molecular weight is 255 g/mol. The Balaban J connectivity index is 2.27. The van der Waals surface area contributed by atoms with Crippen LogP contribution in [0.4, 0.5) is 0 Å². The minimum atomic E-state index is -0.194. The number of nitrogens with one attached hydrogen (secondary N) is 1. The fourth-order valence-corrected chi connectivity index (χ4v) is 1.88. The Morgan fingerprint density at radius 1 is 1.53 bits per heavy atom. The second-order valence-electron chi connectivity index (χ2n) is 3.43. The number of amides is 1. The molecule has 0 radical (unpaired) electrons. The molecular formula is C11H17N3O2S. The Hall–Kier alpha value is -1.14. The third-order valence-corrected chi connectivity index (χ3v) is 3.01. The summed E-state index contributed by atoms with van der Waals surface area (Å²) in [5, 5.41) is 3.27. The average Bonchev–Trinajstić information content (AvgIpc) is 2.35. The first-order valence-electron chi connectivity index (χ1n) is 5.44. The third kappa shape index (κ3) is 5.65. The van der Waals surface area contributed by atoms with Crippen molar-refractivity contribution in [2.45, 2.75) is 23.8 Å². The van der Waals surface area contributed by atoms with E-state index in [-0.39, 0.29) is 11.2 Å². The van der Waals surface area contributed by atoms with Crippen molar-refractivity contribution in [1.29, 1.82) is 0 Å². The number of nitrogens with zero attached hydrogens (tertiary/aromatic N) is 2. The summed E-state index contributed by atoms with van der Waals surface area (Å²) in [5.41, 5.74) is 0. The topological polar surface area (TPSA) is 64.1 Å². The largest absolute Gasteiger partial charge is 0.385 e. The van der Waals surface area contributed by atoms with Crippen LogP contribution in [-0.4, -0.2) is 41.4 Å². The lowest BCUT2D eigenvalue weighted by Crippen LogP contribution is -2.32. The maximum Gasteiger partial charge on any atom is 0.233 e. The maximum absolute atomic E-state index is 11.7. The summed E-state index contributed by atoms with van der Waals surface area (Å²) in [4.78, 5) is 19.8. The van der Waals surface area contributed by atoms with E-state index in [2.05, 4.69) is 15.3 Å². The Labute approximate surface area is 105 Å². The first kappa shape index (κ1) is 13.9. The van der Waals surface area contributed by atoms with Crippen molar-refractivity contribution < 1.29 is 9.53 Å². The molecule has 5 nitrogen and oxygen atoms in total. The summed E-state index contributed by atoms with van der Waals surface area (Å²) in [6.07, 6.45) is 4.15. The van der Waals surface area contributed by atoms with Crippen molar-refractivity contribution in [3.8, 4) is 0 Å². The molecule has 94 valence electrons. The van der Waals surface area contributed by atoms with Crippen molar-refractivity contribution in [3.63, 3.8) is 0 Å². The lowest BCUT2D eigenvalue weighted by atomic mass is 10.4. The summed E-state index contributed by atoms with van der Waals surface area (Å²) in [5.74, 6) is -0.00134. The van der Waals surface area contributed by atoms with Crippen molar-refractivity contribution in [1.82, 2.24) is 15.3 Å². The number of methoxy groups -OCH3 is 1. The minimum Gasteiger partial charge on any atom is -0.385 e. The van der Waals surface area contributed by atoms with Crippen LogP contribution in [0.3, 0.4) is 0 Å². The van der Waals surface area contributed by atoms with Crippen molar-refractivity contribution in [2.24, 2.45) is 0 Å². The molecule has 17 heavy (non-hydrogen) atoms. The molecular weight excluding hydrogens is 238 g/mol. The predicted molar refractivity (Wildman–Crippen MR) is 66.9 cm³/mol. The molecule has 0 aromatic carbocycles. The molecule has 0 saturated carbocycles. The zero-order valence-electron chi connectivity index (χ0n) is 10.0. The van der Waals surface area contributed by atoms with Crippen LogP contribution in [0.5, 0.6) is 0 Å². The van der Waals surface area contributed by atoms with E-state index < -0.39 is 0 Å². The molecule has 1 aromatic heterocycles. The Morgan fingerprint density at radius 2 is 2.24 bits per heavy atom. The standard InChI is InChI=1S/C11H17N3O2S/c1-9(10(15)12-7-4-8-16-2)17-11-13-5-3-6-14-11/h3,5-6,9H,4,7-8H2,1-2H3,(H,12,15)/t9-/m1/s1. The van der Waals surface area contributed by atoms with Crippen LogP contribution in [0.25, 0.3) is 0 Å². The Morgan fingerprint density at radius 3 is 2.88 bits per heavy atom. The molecule has 1 rings (SSSR count). The number of carbonyl (C=O) groups excluding carboxylic acids is 1. The monoisotopic (exact) mass is 255 g/mol. The zero-order valence-corrected chi connectivity index (χ0v) is 10.9. The van der Waals surface area contributed by atoms with Gasteiger partial charge in [0.25, 0.3) is 0 Å². The molecule has 6 heteroatoms. The molecule has 0 aliphatic carbocycles. The van der Waals surface area contributed by atoms with Crippen LogP contribution in [0.15, 0.2) is 23.6 Å². The number of ether oxygens (including phenoxy) is 1. The van der Waals surface area contributed by atoms with Crippen LogP contribution < -0.4 is 5.32 Å². The SMILES string of the molecule is COCCCNC(=O)[C@@H](C)Sc1ncccn1. The van der Waals surface area contributed by atoms with Crippen LogP contribution in [0, 0.1) is 0 Å². The highest BCUT2D eigenvalue weighted by molar-refractivity contribution is 8.00. The summed E-state index contributed by atoms with van der Waals surface area (Å²) in [7, 11) is 1.65. The van der Waals surface area contributed by atoms with Crippen LogP contribution in [0.1, 0.15) is 13.3 Å². The quantitative estimate of drug-likeness (QED) is 0.449. The van der Waals surface area contributed by atoms with E-state index in [9.17, 15) is 4.79 Å². The van der Waals surface area contributed by atoms with Crippen molar-refractivity contribution >= 4 is 17.7 Å². The molecule has 0 bridgehead atoms. The van der Waals surface area contributed by atoms with Gasteiger partial charge in [0, 0.05) is 32.7 Å². The van der Waals surface area contributed by atoms with Gasteiger partial charge in [0.2, 0.25) is 5.91 Å². The lowest BCUT2D eigenvalue weighted by Gasteiger charge is -2.10. The highest BCUT2D eigenvalue weighted by Gasteiger charge is 2.14. The number of hydrogen-bond donors (Lipinski definition) is 1. The first-order valence-corrected chi connectivity index (χ1v) is 6.32. The van der Waals surface area contributed by atoms with E-state index in [1.54, 1.807) is 25.6 Å². The zero-order chi connectivity index (χ0) is 12.5. The molecule has 1 aromatic rings. The van der Waals surface area contributed by atoms with Gasteiger partial charge in [-0.05, 0) is 19.4 Å². The fourth-order valence-electron chi connectivity index (χ4n) is 1.13. The van der Waals surface area contributed by atoms with Gasteiger partial charge in [-0.3, -0.25) is 4.79 Å². The number of rotatable bonds is 7. The van der Waals surface area contributed by atoms with Gasteiger partial charge in [-0.25, -0.2) is 9.97 Å². The van der Waals surface area contributed by atoms with Crippen molar-refractivity contribution in [2.75, 3.05) is 20.3 Å². The molecule has 0 fully saturated rings. The number of carbonyl (C=O) groups is 1. The molecule has 0 aliphatic heterocycles. The van der Waals surface area contributed by atoms with Crippen LogP contribution in [-0.2, 0) is 9.53 Å². The molecule has 1 heterocycles. The Kier molecular flexibility index (Phi) is 6.57. The molecule has 1 N–H and O–H groups in total. The predicted octanol–water partition coefficient (Wildman–Crippen LogP) is 1.11. The summed E-state index contributed by atoms with van der Waals surface area (Å²) in [6.45, 7) is 3.13. The second-order valence-corrected chi connectivity index (χ2v) is 4.74. The lowest BCUT2D eigenvalue weighted by molar-refractivity contribution is -0.120. The number of thioether (sulfide) groups is 1. The van der Waals surface area contributed by atoms with Gasteiger partial charge < -0.3 is 10.1 Å². The van der Waals surface area contributed by atoms with Gasteiger partial charge in [-0.15, -0.1) is 0 Å². The van der Waals surface area contributed by atoms with E-state index in [1.807, 2.05) is 6.92 Å². The molecule has 0 aliphatic rings. The van der Waals surface area contributed by atoms with Gasteiger partial charge in [-0.2, -0.15) is 0 Å². The summed E-state index contributed by atoms with van der Waals surface area (Å²) >= 11 is 1.35. The van der Waals surface area contributed by atoms with Crippen LogP contribution >= 0.6 is 11.8 Å². The van der Waals surface area contributed by atoms with Gasteiger partial charge in [-0.1, -0.05) is 11.8 Å². The van der Waals surface area contributed by atoms with E-state index in [4.69, 9.17) is 4.74 Å². The van der Waals surface area contributed by atoms with Crippen LogP contribution in [0.2, 0.25) is 0 Å². The molecule has 0 spiro atoms. The van der Waals surface area contributed by atoms with E-state index in [0.29, 0.717) is 18.3 Å². The van der Waals surface area contributed by atoms with E-state index >= 15 is 0 Å². The maximum atomic E-state index is 11.7. The van der Waals surface area contributed by atoms with Gasteiger partial charge >= 0.3 is 0 Å². The molecule has 1 atom stereocenters. The highest BCUT2D eigenvalue weighted by Crippen LogP contribution is 2.17. The Bertz CT molecular complexity index is 335. The van der Waals surface area contributed by atoms with E-state index in [0.717, 1.165) is 6.42 Å². The molecule has 0 saturated heterocycles. The smallest absolute Gasteiger partial charge is 0.233 e. The molecule has 0 unspecified atom stereocenters. The summed E-state index contributed by atoms with van der Waals surface area (Å²) < 4.78 is 4.90. The van der Waals surface area contributed by atoms with Gasteiger partial charge in [0.1, 0.15) is 0 Å². The number of aromatic nitrogens is 2. The van der Waals surface area contributed by atoms with E-state index in [1.165, 1.54) is 11.8 Å². The minimum absolute atomic E-state index is 0.00134. The highest BCUT2D eigenvalue weighted by atomic mass is 32.2. The first-order chi connectivity index (χ1) is 8.24. The second kappa shape index (κ2) is 8.03. The molecule has 1 amide bonds. The normalized spacial score (nSPS) is 12.1. The summed E-state index contributed by atoms with van der Waals surface area (Å²) in [6, 6.07) is 1.75. The van der Waals surface area contributed by atoms with Crippen molar-refractivity contribution in [3.05, 3.63) is 18.5 Å². The fraction of sp³-hybridized carbons (Fsp3) is 0.545. The van der Waals surface area contributed by atoms with Gasteiger partial charge in [0.15, 0.2) is 5.16 Å². The third-order valence-electron chi connectivity index (χ3n) is 2.02. The van der Waals surface area contributed by atoms with Gasteiger partial charge in [0.05, 0.1) is 5.25 Å².